The van der Waals surface area contributed by atoms with Gasteiger partial charge in [-0.15, -0.1) is 0 Å². The fraction of sp³-hybridized carbons (Fsp3) is 0.0588. The molecule has 2 aromatic carbocycles. The molecule has 0 saturated heterocycles. The van der Waals surface area contributed by atoms with Crippen LogP contribution in [0.4, 0.5) is 0 Å². The number of hydrogen-bond acceptors (Lipinski definition) is 1. The van der Waals surface area contributed by atoms with E-state index in [0.29, 0.717) is 6.61 Å². The molecule has 2 aromatic rings. The van der Waals surface area contributed by atoms with Crippen molar-refractivity contribution in [2.75, 3.05) is 6.61 Å². The average molecular weight is 232 g/mol. The molecule has 0 N–H and O–H groups in total. The van der Waals surface area contributed by atoms with Crippen molar-refractivity contribution in [1.29, 1.82) is 0 Å². The second-order valence-electron chi connectivity index (χ2n) is 4.58. The summed E-state index contributed by atoms with van der Waals surface area (Å²) in [6, 6.07) is 14.9. The Morgan fingerprint density at radius 2 is 1.78 bits per heavy atom. The normalized spacial score (nSPS) is 18.0. The van der Waals surface area contributed by atoms with E-state index in [-0.39, 0.29) is 0 Å². The van der Waals surface area contributed by atoms with E-state index in [4.69, 9.17) is 4.74 Å². The highest BCUT2D eigenvalue weighted by molar-refractivity contribution is 5.83. The second kappa shape index (κ2) is 3.61. The molecule has 0 unspecified atom stereocenters. The van der Waals surface area contributed by atoms with Gasteiger partial charge in [-0.05, 0) is 40.1 Å². The van der Waals surface area contributed by atoms with Crippen LogP contribution in [-0.4, -0.2) is 6.61 Å². The van der Waals surface area contributed by atoms with Crippen LogP contribution in [0.2, 0.25) is 0 Å². The average Bonchev–Trinajstić information content (AvgIpc) is 3.05. The Morgan fingerprint density at radius 3 is 2.67 bits per heavy atom. The Hall–Kier alpha value is -2.28. The highest BCUT2D eigenvalue weighted by Crippen LogP contribution is 2.25. The van der Waals surface area contributed by atoms with Gasteiger partial charge < -0.3 is 4.74 Å². The van der Waals surface area contributed by atoms with E-state index in [9.17, 15) is 0 Å². The summed E-state index contributed by atoms with van der Waals surface area (Å²) in [4.78, 5) is 0. The molecule has 0 fully saturated rings. The van der Waals surface area contributed by atoms with Crippen LogP contribution in [0.5, 0.6) is 0 Å². The van der Waals surface area contributed by atoms with Gasteiger partial charge in [0, 0.05) is 5.22 Å². The van der Waals surface area contributed by atoms with Crippen LogP contribution in [0.15, 0.2) is 54.6 Å². The van der Waals surface area contributed by atoms with Crippen LogP contribution in [0.3, 0.4) is 0 Å². The maximum atomic E-state index is 5.65. The summed E-state index contributed by atoms with van der Waals surface area (Å²) in [6.07, 6.45) is 6.37. The molecule has 86 valence electrons. The highest BCUT2D eigenvalue weighted by Gasteiger charge is 2.13. The van der Waals surface area contributed by atoms with Crippen molar-refractivity contribution in [2.45, 2.75) is 0 Å². The molecule has 0 saturated carbocycles. The van der Waals surface area contributed by atoms with Crippen LogP contribution in [0.1, 0.15) is 5.56 Å². The number of benzene rings is 2. The Kier molecular flexibility index (Phi) is 1.95. The molecule has 0 aromatic heterocycles. The molecule has 0 amide bonds. The van der Waals surface area contributed by atoms with Gasteiger partial charge in [0.05, 0.1) is 0 Å². The summed E-state index contributed by atoms with van der Waals surface area (Å²) in [5.41, 5.74) is 3.92. The lowest BCUT2D eigenvalue weighted by atomic mass is 10.0. The van der Waals surface area contributed by atoms with Crippen molar-refractivity contribution >= 4 is 11.8 Å². The zero-order valence-electron chi connectivity index (χ0n) is 9.89. The van der Waals surface area contributed by atoms with Crippen molar-refractivity contribution < 1.29 is 4.74 Å². The molecule has 1 aliphatic carbocycles. The number of hydrogen-bond donors (Lipinski definition) is 0. The third-order valence-electron chi connectivity index (χ3n) is 3.53. The fourth-order valence-electron chi connectivity index (χ4n) is 2.70. The zero-order chi connectivity index (χ0) is 11.9. The van der Waals surface area contributed by atoms with Crippen LogP contribution >= 0.6 is 0 Å². The molecule has 0 radical (unpaired) electrons. The largest absolute Gasteiger partial charge is 0.489 e. The first-order valence-corrected chi connectivity index (χ1v) is 6.17. The molecule has 0 bridgehead atoms. The van der Waals surface area contributed by atoms with E-state index in [1.54, 1.807) is 0 Å². The molecule has 2 aliphatic rings. The van der Waals surface area contributed by atoms with Gasteiger partial charge in [0.25, 0.3) is 0 Å². The lowest BCUT2D eigenvalue weighted by Gasteiger charge is -2.01. The van der Waals surface area contributed by atoms with Crippen molar-refractivity contribution in [1.82, 2.24) is 0 Å². The van der Waals surface area contributed by atoms with E-state index >= 15 is 0 Å². The third kappa shape index (κ3) is 1.28. The quantitative estimate of drug-likeness (QED) is 0.577. The summed E-state index contributed by atoms with van der Waals surface area (Å²) >= 11 is 0. The standard InChI is InChI=1S/C17H12O/c1-2-6-13-12(5-1)11-16-14(13)7-3-8-15(16)17-9-4-10-18-17/h1-9,11H,10H2. The Balaban J connectivity index is 2.13. The first kappa shape index (κ1) is 9.72. The summed E-state index contributed by atoms with van der Waals surface area (Å²) in [5.74, 6) is 0.982. The predicted molar refractivity (Wildman–Crippen MR) is 73.2 cm³/mol. The van der Waals surface area contributed by atoms with Gasteiger partial charge in [0.15, 0.2) is 0 Å². The SMILES string of the molecule is C1=CC(=c2cccc3c2=Cc2ccccc2-3)OC1. The molecular formula is C17H12O. The molecule has 0 spiro atoms. The third-order valence-corrected chi connectivity index (χ3v) is 3.53. The minimum Gasteiger partial charge on any atom is -0.489 e. The van der Waals surface area contributed by atoms with Crippen LogP contribution in [0, 0.1) is 0 Å². The Morgan fingerprint density at radius 1 is 0.889 bits per heavy atom. The molecule has 1 aliphatic heterocycles. The van der Waals surface area contributed by atoms with E-state index in [1.807, 2.05) is 0 Å². The van der Waals surface area contributed by atoms with E-state index in [1.165, 1.54) is 27.1 Å². The van der Waals surface area contributed by atoms with Crippen molar-refractivity contribution in [3.8, 4) is 11.1 Å². The maximum absolute atomic E-state index is 5.65. The molecule has 1 heterocycles. The van der Waals surface area contributed by atoms with Gasteiger partial charge in [0.2, 0.25) is 0 Å². The minimum atomic E-state index is 0.686. The van der Waals surface area contributed by atoms with Crippen LogP contribution in [0.25, 0.3) is 23.0 Å². The van der Waals surface area contributed by atoms with Gasteiger partial charge in [0.1, 0.15) is 12.4 Å². The van der Waals surface area contributed by atoms with Crippen LogP contribution in [-0.2, 0) is 4.74 Å². The van der Waals surface area contributed by atoms with Gasteiger partial charge in [-0.3, -0.25) is 0 Å². The van der Waals surface area contributed by atoms with E-state index in [0.717, 1.165) is 5.76 Å². The van der Waals surface area contributed by atoms with E-state index < -0.39 is 0 Å². The first-order chi connectivity index (χ1) is 8.93. The van der Waals surface area contributed by atoms with E-state index in [2.05, 4.69) is 60.7 Å². The minimum absolute atomic E-state index is 0.686. The lowest BCUT2D eigenvalue weighted by Crippen LogP contribution is -2.26. The lowest BCUT2D eigenvalue weighted by molar-refractivity contribution is 0.334. The summed E-state index contributed by atoms with van der Waals surface area (Å²) in [7, 11) is 0. The number of fused-ring (bicyclic) bond motifs is 3. The molecular weight excluding hydrogens is 220 g/mol. The fourth-order valence-corrected chi connectivity index (χ4v) is 2.70. The molecule has 1 nitrogen and oxygen atoms in total. The predicted octanol–water partition coefficient (Wildman–Crippen LogP) is 2.19. The van der Waals surface area contributed by atoms with Gasteiger partial charge in [-0.2, -0.15) is 0 Å². The molecule has 18 heavy (non-hydrogen) atoms. The summed E-state index contributed by atoms with van der Waals surface area (Å²) < 4.78 is 5.65. The van der Waals surface area contributed by atoms with Crippen molar-refractivity contribution in [3.63, 3.8) is 0 Å². The second-order valence-corrected chi connectivity index (χ2v) is 4.58. The molecule has 4 rings (SSSR count). The van der Waals surface area contributed by atoms with Gasteiger partial charge in [-0.25, -0.2) is 0 Å². The molecule has 1 heteroatoms. The van der Waals surface area contributed by atoms with Crippen molar-refractivity contribution in [3.05, 3.63) is 70.6 Å². The monoisotopic (exact) mass is 232 g/mol. The smallest absolute Gasteiger partial charge is 0.127 e. The topological polar surface area (TPSA) is 9.23 Å². The first-order valence-electron chi connectivity index (χ1n) is 6.17. The number of ether oxygens (including phenoxy) is 1. The maximum Gasteiger partial charge on any atom is 0.127 e. The van der Waals surface area contributed by atoms with Crippen LogP contribution < -0.4 is 10.4 Å². The summed E-state index contributed by atoms with van der Waals surface area (Å²) in [5, 5.41) is 2.47. The Bertz CT molecular complexity index is 781. The van der Waals surface area contributed by atoms with Gasteiger partial charge in [-0.1, -0.05) is 42.5 Å². The molecule has 0 atom stereocenters. The Labute approximate surface area is 105 Å². The summed E-state index contributed by atoms with van der Waals surface area (Å²) in [6.45, 7) is 0.686. The highest BCUT2D eigenvalue weighted by atomic mass is 16.5. The van der Waals surface area contributed by atoms with Gasteiger partial charge >= 0.3 is 0 Å². The van der Waals surface area contributed by atoms with Crippen molar-refractivity contribution in [2.24, 2.45) is 0 Å². The zero-order valence-corrected chi connectivity index (χ0v) is 9.89. The number of rotatable bonds is 0.